The molecule has 0 fully saturated rings. The molecule has 0 heterocycles. The standard InChI is InChI=1S/C8H7BrN2O4/c9-3-6(12)7-5(11(14)15)2-1-4(10)8(7)13/h1-2,13H,3,10H2. The summed E-state index contributed by atoms with van der Waals surface area (Å²) in [4.78, 5) is 21.2. The second-order valence-electron chi connectivity index (χ2n) is 2.71. The van der Waals surface area contributed by atoms with E-state index in [1.54, 1.807) is 0 Å². The Kier molecular flexibility index (Phi) is 3.25. The van der Waals surface area contributed by atoms with Crippen LogP contribution in [0.25, 0.3) is 0 Å². The molecule has 6 nitrogen and oxygen atoms in total. The minimum absolute atomic E-state index is 0.0649. The van der Waals surface area contributed by atoms with E-state index in [0.717, 1.165) is 6.07 Å². The fourth-order valence-corrected chi connectivity index (χ4v) is 1.37. The van der Waals surface area contributed by atoms with E-state index in [1.807, 2.05) is 0 Å². The van der Waals surface area contributed by atoms with E-state index < -0.39 is 22.1 Å². The predicted octanol–water partition coefficient (Wildman–Crippen LogP) is 1.46. The molecule has 0 saturated carbocycles. The molecule has 0 amide bonds. The SMILES string of the molecule is Nc1ccc([N+](=O)[O-])c(C(=O)CBr)c1O. The molecule has 0 spiro atoms. The summed E-state index contributed by atoms with van der Waals surface area (Å²) in [5, 5.41) is 19.9. The zero-order chi connectivity index (χ0) is 11.6. The Morgan fingerprint density at radius 3 is 2.67 bits per heavy atom. The molecule has 0 radical (unpaired) electrons. The molecule has 0 aliphatic rings. The van der Waals surface area contributed by atoms with Gasteiger partial charge >= 0.3 is 0 Å². The Balaban J connectivity index is 3.48. The minimum atomic E-state index is -0.741. The first-order valence-corrected chi connectivity index (χ1v) is 4.96. The topological polar surface area (TPSA) is 106 Å². The van der Waals surface area contributed by atoms with Crippen molar-refractivity contribution < 1.29 is 14.8 Å². The van der Waals surface area contributed by atoms with Crippen molar-refractivity contribution in [2.45, 2.75) is 0 Å². The molecular formula is C8H7BrN2O4. The molecule has 1 aromatic rings. The molecule has 1 rings (SSSR count). The third kappa shape index (κ3) is 2.07. The van der Waals surface area contributed by atoms with Crippen molar-refractivity contribution in [2.24, 2.45) is 0 Å². The van der Waals surface area contributed by atoms with Crippen LogP contribution >= 0.6 is 15.9 Å². The quantitative estimate of drug-likeness (QED) is 0.217. The second kappa shape index (κ2) is 4.26. The number of benzene rings is 1. The fraction of sp³-hybridized carbons (Fsp3) is 0.125. The molecule has 15 heavy (non-hydrogen) atoms. The molecule has 0 saturated heterocycles. The van der Waals surface area contributed by atoms with E-state index in [2.05, 4.69) is 15.9 Å². The van der Waals surface area contributed by atoms with Crippen LogP contribution in [-0.2, 0) is 0 Å². The van der Waals surface area contributed by atoms with Crippen molar-refractivity contribution in [3.05, 3.63) is 27.8 Å². The second-order valence-corrected chi connectivity index (χ2v) is 3.27. The number of nitro benzene ring substituents is 1. The first-order chi connectivity index (χ1) is 6.99. The van der Waals surface area contributed by atoms with Gasteiger partial charge in [-0.1, -0.05) is 15.9 Å². The zero-order valence-corrected chi connectivity index (χ0v) is 9.02. The highest BCUT2D eigenvalue weighted by atomic mass is 79.9. The van der Waals surface area contributed by atoms with Crippen LogP contribution in [0.1, 0.15) is 10.4 Å². The van der Waals surface area contributed by atoms with Gasteiger partial charge in [0.15, 0.2) is 11.5 Å². The van der Waals surface area contributed by atoms with Gasteiger partial charge in [0, 0.05) is 6.07 Å². The number of phenols is 1. The molecular weight excluding hydrogens is 268 g/mol. The highest BCUT2D eigenvalue weighted by Crippen LogP contribution is 2.33. The van der Waals surface area contributed by atoms with Crippen LogP contribution in [0.15, 0.2) is 12.1 Å². The summed E-state index contributed by atoms with van der Waals surface area (Å²) in [6.45, 7) is 0. The molecule has 0 bridgehead atoms. The highest BCUT2D eigenvalue weighted by Gasteiger charge is 2.24. The van der Waals surface area contributed by atoms with Crippen LogP contribution in [0.3, 0.4) is 0 Å². The fourth-order valence-electron chi connectivity index (χ4n) is 1.09. The molecule has 0 atom stereocenters. The zero-order valence-electron chi connectivity index (χ0n) is 7.44. The van der Waals surface area contributed by atoms with Crippen molar-refractivity contribution in [3.8, 4) is 5.75 Å². The van der Waals surface area contributed by atoms with Crippen molar-refractivity contribution in [1.82, 2.24) is 0 Å². The number of carbonyl (C=O) groups is 1. The van der Waals surface area contributed by atoms with E-state index in [4.69, 9.17) is 5.73 Å². The van der Waals surface area contributed by atoms with Crippen LogP contribution in [0, 0.1) is 10.1 Å². The Morgan fingerprint density at radius 2 is 2.20 bits per heavy atom. The summed E-state index contributed by atoms with van der Waals surface area (Å²) in [6, 6.07) is 2.27. The average molecular weight is 275 g/mol. The number of nitro groups is 1. The van der Waals surface area contributed by atoms with Gasteiger partial charge in [-0.2, -0.15) is 0 Å². The number of halogens is 1. The maximum Gasteiger partial charge on any atom is 0.284 e. The third-order valence-electron chi connectivity index (χ3n) is 1.78. The number of carbonyl (C=O) groups excluding carboxylic acids is 1. The number of nitrogens with zero attached hydrogens (tertiary/aromatic N) is 1. The molecule has 80 valence electrons. The lowest BCUT2D eigenvalue weighted by atomic mass is 10.1. The van der Waals surface area contributed by atoms with Crippen molar-refractivity contribution in [1.29, 1.82) is 0 Å². The number of phenolic OH excluding ortho intramolecular Hbond substituents is 1. The summed E-state index contributed by atoms with van der Waals surface area (Å²) >= 11 is 2.87. The first kappa shape index (κ1) is 11.4. The lowest BCUT2D eigenvalue weighted by molar-refractivity contribution is -0.385. The molecule has 0 unspecified atom stereocenters. The van der Waals surface area contributed by atoms with Gasteiger partial charge in [-0.25, -0.2) is 0 Å². The summed E-state index contributed by atoms with van der Waals surface area (Å²) in [7, 11) is 0. The molecule has 0 aliphatic heterocycles. The van der Waals surface area contributed by atoms with Crippen LogP contribution < -0.4 is 5.73 Å². The number of aromatic hydroxyl groups is 1. The van der Waals surface area contributed by atoms with E-state index in [9.17, 15) is 20.0 Å². The number of hydrogen-bond acceptors (Lipinski definition) is 5. The van der Waals surface area contributed by atoms with Crippen LogP contribution in [-0.4, -0.2) is 21.1 Å². The smallest absolute Gasteiger partial charge is 0.284 e. The van der Waals surface area contributed by atoms with Crippen LogP contribution in [0.2, 0.25) is 0 Å². The van der Waals surface area contributed by atoms with Gasteiger partial charge < -0.3 is 10.8 Å². The Bertz CT molecular complexity index is 433. The maximum atomic E-state index is 11.3. The van der Waals surface area contributed by atoms with E-state index in [1.165, 1.54) is 6.07 Å². The van der Waals surface area contributed by atoms with Crippen molar-refractivity contribution in [2.75, 3.05) is 11.1 Å². The number of rotatable bonds is 3. The summed E-state index contributed by atoms with van der Waals surface area (Å²) in [5.74, 6) is -1.14. The van der Waals surface area contributed by atoms with Crippen molar-refractivity contribution >= 4 is 33.1 Å². The van der Waals surface area contributed by atoms with Gasteiger partial charge in [-0.15, -0.1) is 0 Å². The van der Waals surface area contributed by atoms with Gasteiger partial charge in [-0.3, -0.25) is 14.9 Å². The first-order valence-electron chi connectivity index (χ1n) is 3.84. The Morgan fingerprint density at radius 1 is 1.60 bits per heavy atom. The lowest BCUT2D eigenvalue weighted by Gasteiger charge is -2.05. The molecule has 3 N–H and O–H groups in total. The van der Waals surface area contributed by atoms with E-state index in [0.29, 0.717) is 0 Å². The van der Waals surface area contributed by atoms with Gasteiger partial charge in [0.2, 0.25) is 0 Å². The largest absolute Gasteiger partial charge is 0.505 e. The van der Waals surface area contributed by atoms with Gasteiger partial charge in [0.1, 0.15) is 5.56 Å². The number of anilines is 1. The van der Waals surface area contributed by atoms with E-state index >= 15 is 0 Å². The van der Waals surface area contributed by atoms with Gasteiger partial charge in [0.25, 0.3) is 5.69 Å². The molecule has 7 heteroatoms. The summed E-state index contributed by atoms with van der Waals surface area (Å²) in [5.41, 5.74) is 4.46. The number of ketones is 1. The molecule has 0 aliphatic carbocycles. The Labute approximate surface area is 93.0 Å². The van der Waals surface area contributed by atoms with Gasteiger partial charge in [0.05, 0.1) is 15.9 Å². The molecule has 0 aromatic heterocycles. The number of hydrogen-bond donors (Lipinski definition) is 2. The number of nitrogen functional groups attached to an aromatic ring is 1. The third-order valence-corrected chi connectivity index (χ3v) is 2.29. The van der Waals surface area contributed by atoms with Crippen molar-refractivity contribution in [3.63, 3.8) is 0 Å². The normalized spacial score (nSPS) is 9.93. The Hall–Kier alpha value is -1.63. The summed E-state index contributed by atoms with van der Waals surface area (Å²) < 4.78 is 0. The lowest BCUT2D eigenvalue weighted by Crippen LogP contribution is -2.06. The maximum absolute atomic E-state index is 11.3. The predicted molar refractivity (Wildman–Crippen MR) is 57.3 cm³/mol. The minimum Gasteiger partial charge on any atom is -0.505 e. The average Bonchev–Trinajstić information content (AvgIpc) is 2.20. The monoisotopic (exact) mass is 274 g/mol. The molecule has 1 aromatic carbocycles. The van der Waals surface area contributed by atoms with Gasteiger partial charge in [-0.05, 0) is 6.07 Å². The summed E-state index contributed by atoms with van der Waals surface area (Å²) in [6.07, 6.45) is 0. The van der Waals surface area contributed by atoms with Crippen LogP contribution in [0.5, 0.6) is 5.75 Å². The van der Waals surface area contributed by atoms with E-state index in [-0.39, 0.29) is 16.6 Å². The number of Topliss-reactive ketones (excluding diaryl/α,β-unsaturated/α-hetero) is 1. The number of alkyl halides is 1. The van der Waals surface area contributed by atoms with Crippen LogP contribution in [0.4, 0.5) is 11.4 Å². The number of nitrogens with two attached hydrogens (primary N) is 1. The highest BCUT2D eigenvalue weighted by molar-refractivity contribution is 9.09.